The van der Waals surface area contributed by atoms with E-state index in [-0.39, 0.29) is 31.1 Å². The predicted molar refractivity (Wildman–Crippen MR) is 82.6 cm³/mol. The summed E-state index contributed by atoms with van der Waals surface area (Å²) in [6.07, 6.45) is -0.284. The molecule has 0 aromatic carbocycles. The maximum absolute atomic E-state index is 12.7. The van der Waals surface area contributed by atoms with Crippen molar-refractivity contribution < 1.29 is 27.4 Å². The van der Waals surface area contributed by atoms with Crippen LogP contribution in [0.3, 0.4) is 0 Å². The molecule has 1 aliphatic heterocycles. The van der Waals surface area contributed by atoms with Gasteiger partial charge in [0.05, 0.1) is 19.8 Å². The van der Waals surface area contributed by atoms with Crippen molar-refractivity contribution in [2.45, 2.75) is 44.8 Å². The molecule has 2 rings (SSSR count). The average molecular weight is 352 g/mol. The zero-order valence-electron chi connectivity index (χ0n) is 14.2. The molecular weight excluding hydrogens is 325 g/mol. The van der Waals surface area contributed by atoms with Gasteiger partial charge in [0.15, 0.2) is 0 Å². The smallest absolute Gasteiger partial charge is 0.382 e. The van der Waals surface area contributed by atoms with Gasteiger partial charge in [0.1, 0.15) is 6.04 Å². The van der Waals surface area contributed by atoms with Crippen molar-refractivity contribution in [2.24, 2.45) is 5.41 Å². The van der Waals surface area contributed by atoms with Crippen LogP contribution in [0.15, 0.2) is 0 Å². The normalized spacial score (nSPS) is 24.4. The van der Waals surface area contributed by atoms with Crippen LogP contribution in [0, 0.1) is 5.41 Å². The van der Waals surface area contributed by atoms with Gasteiger partial charge >= 0.3 is 6.18 Å². The van der Waals surface area contributed by atoms with E-state index < -0.39 is 18.8 Å². The number of alkyl halides is 3. The van der Waals surface area contributed by atoms with E-state index >= 15 is 0 Å². The molecule has 5 nitrogen and oxygen atoms in total. The van der Waals surface area contributed by atoms with Gasteiger partial charge in [0.25, 0.3) is 0 Å². The van der Waals surface area contributed by atoms with Gasteiger partial charge < -0.3 is 14.8 Å². The van der Waals surface area contributed by atoms with Gasteiger partial charge in [-0.25, -0.2) is 0 Å². The van der Waals surface area contributed by atoms with Crippen LogP contribution in [0.1, 0.15) is 32.6 Å². The fourth-order valence-electron chi connectivity index (χ4n) is 3.32. The summed E-state index contributed by atoms with van der Waals surface area (Å²) in [6.45, 7) is 3.01. The summed E-state index contributed by atoms with van der Waals surface area (Å²) in [5, 5.41) is 2.85. The van der Waals surface area contributed by atoms with Crippen LogP contribution in [0.25, 0.3) is 0 Å². The van der Waals surface area contributed by atoms with Crippen molar-refractivity contribution >= 4 is 5.91 Å². The highest BCUT2D eigenvalue weighted by atomic mass is 19.4. The van der Waals surface area contributed by atoms with E-state index in [1.807, 2.05) is 6.92 Å². The Morgan fingerprint density at radius 1 is 1.42 bits per heavy atom. The Balaban J connectivity index is 1.85. The molecule has 1 amide bonds. The lowest BCUT2D eigenvalue weighted by atomic mass is 9.66. The van der Waals surface area contributed by atoms with Crippen LogP contribution in [-0.4, -0.2) is 69.1 Å². The number of nitrogens with one attached hydrogen (secondary N) is 1. The number of hydrogen-bond donors (Lipinski definition) is 1. The minimum Gasteiger partial charge on any atom is -0.382 e. The standard InChI is InChI=1S/C16H27F3N2O3/c1-2-23-8-6-15(4-3-5-15)11-20-14(22)13-10-24-9-7-21(13)12-16(17,18)19/h13H,2-12H2,1H3,(H,20,22)/t13-/m0/s1. The van der Waals surface area contributed by atoms with Gasteiger partial charge in [-0.15, -0.1) is 0 Å². The Morgan fingerprint density at radius 2 is 2.17 bits per heavy atom. The van der Waals surface area contributed by atoms with E-state index in [1.165, 1.54) is 0 Å². The number of hydrogen-bond acceptors (Lipinski definition) is 4. The Hall–Kier alpha value is -0.860. The van der Waals surface area contributed by atoms with Gasteiger partial charge in [-0.3, -0.25) is 9.69 Å². The van der Waals surface area contributed by atoms with Gasteiger partial charge in [-0.2, -0.15) is 13.2 Å². The molecule has 1 N–H and O–H groups in total. The molecule has 24 heavy (non-hydrogen) atoms. The van der Waals surface area contributed by atoms with E-state index in [2.05, 4.69) is 5.32 Å². The zero-order chi connectivity index (χ0) is 17.6. The lowest BCUT2D eigenvalue weighted by Crippen LogP contribution is -2.57. The third kappa shape index (κ3) is 5.60. The monoisotopic (exact) mass is 352 g/mol. The number of carbonyl (C=O) groups excluding carboxylic acids is 1. The Bertz CT molecular complexity index is 414. The first kappa shape index (κ1) is 19.5. The lowest BCUT2D eigenvalue weighted by Gasteiger charge is -2.43. The highest BCUT2D eigenvalue weighted by molar-refractivity contribution is 5.82. The van der Waals surface area contributed by atoms with Crippen molar-refractivity contribution in [1.82, 2.24) is 10.2 Å². The summed E-state index contributed by atoms with van der Waals surface area (Å²) in [5.74, 6) is -0.373. The molecule has 2 fully saturated rings. The van der Waals surface area contributed by atoms with Crippen molar-refractivity contribution in [3.8, 4) is 0 Å². The summed E-state index contributed by atoms with van der Waals surface area (Å²) in [6, 6.07) is -0.871. The van der Waals surface area contributed by atoms with Gasteiger partial charge in [0.2, 0.25) is 5.91 Å². The predicted octanol–water partition coefficient (Wildman–Crippen LogP) is 1.96. The molecule has 1 atom stereocenters. The summed E-state index contributed by atoms with van der Waals surface area (Å²) in [7, 11) is 0. The molecule has 0 spiro atoms. The number of amides is 1. The number of ether oxygens (including phenoxy) is 2. The SMILES string of the molecule is CCOCCC1(CNC(=O)[C@@H]2COCCN2CC(F)(F)F)CCC1. The van der Waals surface area contributed by atoms with Gasteiger partial charge in [-0.05, 0) is 31.6 Å². The number of carbonyl (C=O) groups is 1. The first-order valence-corrected chi connectivity index (χ1v) is 8.59. The van der Waals surface area contributed by atoms with Crippen molar-refractivity contribution in [3.63, 3.8) is 0 Å². The maximum Gasteiger partial charge on any atom is 0.401 e. The van der Waals surface area contributed by atoms with Crippen molar-refractivity contribution in [1.29, 1.82) is 0 Å². The second-order valence-corrected chi connectivity index (χ2v) is 6.69. The Labute approximate surface area is 140 Å². The highest BCUT2D eigenvalue weighted by Crippen LogP contribution is 2.43. The fraction of sp³-hybridized carbons (Fsp3) is 0.938. The highest BCUT2D eigenvalue weighted by Gasteiger charge is 2.40. The molecule has 0 aromatic rings. The van der Waals surface area contributed by atoms with Crippen molar-refractivity contribution in [2.75, 3.05) is 46.1 Å². The molecule has 140 valence electrons. The first-order chi connectivity index (χ1) is 11.4. The van der Waals surface area contributed by atoms with Crippen LogP contribution >= 0.6 is 0 Å². The first-order valence-electron chi connectivity index (χ1n) is 8.59. The third-order valence-electron chi connectivity index (χ3n) is 4.96. The lowest BCUT2D eigenvalue weighted by molar-refractivity contribution is -0.167. The van der Waals surface area contributed by atoms with Crippen molar-refractivity contribution in [3.05, 3.63) is 0 Å². The molecule has 0 radical (unpaired) electrons. The van der Waals surface area contributed by atoms with E-state index in [1.54, 1.807) is 0 Å². The van der Waals surface area contributed by atoms with Gasteiger partial charge in [0, 0.05) is 26.3 Å². The molecule has 8 heteroatoms. The molecule has 1 heterocycles. The van der Waals surface area contributed by atoms with E-state index in [9.17, 15) is 18.0 Å². The Morgan fingerprint density at radius 3 is 2.75 bits per heavy atom. The number of nitrogens with zero attached hydrogens (tertiary/aromatic N) is 1. The third-order valence-corrected chi connectivity index (χ3v) is 4.96. The largest absolute Gasteiger partial charge is 0.401 e. The average Bonchev–Trinajstić information content (AvgIpc) is 2.48. The Kier molecular flexibility index (Phi) is 6.88. The maximum atomic E-state index is 12.7. The summed E-state index contributed by atoms with van der Waals surface area (Å²) < 4.78 is 48.6. The molecule has 0 unspecified atom stereocenters. The topological polar surface area (TPSA) is 50.8 Å². The second-order valence-electron chi connectivity index (χ2n) is 6.69. The summed E-state index contributed by atoms with van der Waals surface area (Å²) in [4.78, 5) is 13.5. The van der Waals surface area contributed by atoms with Crippen LogP contribution in [-0.2, 0) is 14.3 Å². The van der Waals surface area contributed by atoms with E-state index in [0.29, 0.717) is 19.8 Å². The number of morpholine rings is 1. The summed E-state index contributed by atoms with van der Waals surface area (Å²) >= 11 is 0. The van der Waals surface area contributed by atoms with E-state index in [0.717, 1.165) is 30.6 Å². The fourth-order valence-corrected chi connectivity index (χ4v) is 3.32. The minimum absolute atomic E-state index is 0.00780. The molecule has 0 bridgehead atoms. The molecule has 2 aliphatic rings. The second kappa shape index (κ2) is 8.49. The van der Waals surface area contributed by atoms with Crippen LogP contribution in [0.5, 0.6) is 0 Å². The van der Waals surface area contributed by atoms with Crippen LogP contribution in [0.2, 0.25) is 0 Å². The number of rotatable bonds is 8. The molecule has 0 aromatic heterocycles. The summed E-state index contributed by atoms with van der Waals surface area (Å²) in [5.41, 5.74) is 0.0369. The molecule has 1 aliphatic carbocycles. The quantitative estimate of drug-likeness (QED) is 0.679. The minimum atomic E-state index is -4.32. The number of halogens is 3. The molecule has 1 saturated carbocycles. The van der Waals surface area contributed by atoms with Crippen LogP contribution in [0.4, 0.5) is 13.2 Å². The molecule has 1 saturated heterocycles. The van der Waals surface area contributed by atoms with E-state index in [4.69, 9.17) is 9.47 Å². The zero-order valence-corrected chi connectivity index (χ0v) is 14.2. The van der Waals surface area contributed by atoms with Crippen LogP contribution < -0.4 is 5.32 Å². The molecular formula is C16H27F3N2O3. The van der Waals surface area contributed by atoms with Gasteiger partial charge in [-0.1, -0.05) is 6.42 Å².